The summed E-state index contributed by atoms with van der Waals surface area (Å²) in [5.74, 6) is 0.244. The third-order valence-corrected chi connectivity index (χ3v) is 3.66. The van der Waals surface area contributed by atoms with Crippen LogP contribution in [-0.2, 0) is 9.53 Å². The molecule has 0 bridgehead atoms. The zero-order valence-electron chi connectivity index (χ0n) is 11.6. The quantitative estimate of drug-likeness (QED) is 0.622. The van der Waals surface area contributed by atoms with E-state index in [-0.39, 0.29) is 30.1 Å². The van der Waals surface area contributed by atoms with Gasteiger partial charge in [-0.15, -0.1) is 6.58 Å². The molecular weight excluding hydrogens is 244 g/mol. The zero-order valence-corrected chi connectivity index (χ0v) is 11.6. The molecule has 0 aromatic heterocycles. The Bertz CT molecular complexity index is 381. The summed E-state index contributed by atoms with van der Waals surface area (Å²) in [7, 11) is 0. The second-order valence-corrected chi connectivity index (χ2v) is 5.62. The summed E-state index contributed by atoms with van der Waals surface area (Å²) in [6.07, 6.45) is 3.75. The maximum atomic E-state index is 12.4. The van der Waals surface area contributed by atoms with Crippen LogP contribution in [0.5, 0.6) is 0 Å². The van der Waals surface area contributed by atoms with Crippen molar-refractivity contribution < 1.29 is 14.3 Å². The Balaban J connectivity index is 2.12. The molecule has 0 aromatic rings. The van der Waals surface area contributed by atoms with Crippen LogP contribution >= 0.6 is 0 Å². The molecule has 1 N–H and O–H groups in total. The van der Waals surface area contributed by atoms with Gasteiger partial charge < -0.3 is 10.1 Å². The van der Waals surface area contributed by atoms with Crippen molar-refractivity contribution in [2.24, 2.45) is 5.92 Å². The molecule has 2 fully saturated rings. The van der Waals surface area contributed by atoms with Crippen LogP contribution in [0.1, 0.15) is 33.1 Å². The normalized spacial score (nSPS) is 31.7. The van der Waals surface area contributed by atoms with Gasteiger partial charge in [0.1, 0.15) is 6.04 Å². The van der Waals surface area contributed by atoms with Crippen molar-refractivity contribution in [1.82, 2.24) is 10.2 Å². The fourth-order valence-electron chi connectivity index (χ4n) is 2.78. The van der Waals surface area contributed by atoms with Crippen LogP contribution in [-0.4, -0.2) is 41.6 Å². The summed E-state index contributed by atoms with van der Waals surface area (Å²) in [6.45, 7) is 8.47. The summed E-state index contributed by atoms with van der Waals surface area (Å²) >= 11 is 0. The number of carbonyl (C=O) groups is 2. The molecule has 2 aliphatic heterocycles. The molecule has 5 heteroatoms. The molecular formula is C14H22N2O3. The molecule has 106 valence electrons. The average molecular weight is 266 g/mol. The Hall–Kier alpha value is -1.36. The number of hydrogen-bond acceptors (Lipinski definition) is 3. The van der Waals surface area contributed by atoms with Crippen molar-refractivity contribution in [3.63, 3.8) is 0 Å². The average Bonchev–Trinajstić information content (AvgIpc) is 2.64. The van der Waals surface area contributed by atoms with E-state index in [4.69, 9.17) is 4.74 Å². The van der Waals surface area contributed by atoms with Crippen LogP contribution in [0.25, 0.3) is 0 Å². The van der Waals surface area contributed by atoms with Gasteiger partial charge in [0.2, 0.25) is 0 Å². The van der Waals surface area contributed by atoms with Gasteiger partial charge in [-0.05, 0) is 25.2 Å². The lowest BCUT2D eigenvalue weighted by Crippen LogP contribution is -2.50. The summed E-state index contributed by atoms with van der Waals surface area (Å²) in [4.78, 5) is 25.8. The Kier molecular flexibility index (Phi) is 4.24. The second kappa shape index (κ2) is 5.74. The van der Waals surface area contributed by atoms with Crippen molar-refractivity contribution >= 4 is 11.9 Å². The number of rotatable bonds is 4. The third kappa shape index (κ3) is 2.81. The Labute approximate surface area is 114 Å². The monoisotopic (exact) mass is 266 g/mol. The first-order valence-corrected chi connectivity index (χ1v) is 6.92. The smallest absolute Gasteiger partial charge is 0.325 e. The van der Waals surface area contributed by atoms with Crippen molar-refractivity contribution in [2.75, 3.05) is 6.61 Å². The maximum Gasteiger partial charge on any atom is 0.325 e. The van der Waals surface area contributed by atoms with Crippen molar-refractivity contribution in [1.29, 1.82) is 0 Å². The third-order valence-electron chi connectivity index (χ3n) is 3.66. The summed E-state index contributed by atoms with van der Waals surface area (Å²) in [5, 5.41) is 2.77. The van der Waals surface area contributed by atoms with Gasteiger partial charge in [-0.1, -0.05) is 19.9 Å². The maximum absolute atomic E-state index is 12.4. The molecule has 3 amide bonds. The first-order valence-electron chi connectivity index (χ1n) is 6.92. The van der Waals surface area contributed by atoms with Gasteiger partial charge in [0, 0.05) is 6.61 Å². The molecule has 2 rings (SSSR count). The fourth-order valence-corrected chi connectivity index (χ4v) is 2.78. The minimum Gasteiger partial charge on any atom is -0.372 e. The van der Waals surface area contributed by atoms with E-state index < -0.39 is 0 Å². The first kappa shape index (κ1) is 14.1. The van der Waals surface area contributed by atoms with E-state index in [0.717, 1.165) is 12.8 Å². The zero-order chi connectivity index (χ0) is 14.0. The van der Waals surface area contributed by atoms with Crippen LogP contribution in [0.3, 0.4) is 0 Å². The number of carbonyl (C=O) groups excluding carboxylic acids is 2. The van der Waals surface area contributed by atoms with Crippen LogP contribution in [0.2, 0.25) is 0 Å². The number of hydrogen-bond donors (Lipinski definition) is 1. The molecule has 2 saturated heterocycles. The molecule has 5 nitrogen and oxygen atoms in total. The standard InChI is InChI=1S/C14H22N2O3/c1-4-12-11(6-5-7-19-12)16-13(17)10(8-9(2)3)15-14(16)18/h4,9-12H,1,5-8H2,2-3H3,(H,15,18)/t10-,11+,12-/m0/s1. The number of imide groups is 1. The Morgan fingerprint density at radius 2 is 2.26 bits per heavy atom. The molecule has 2 heterocycles. The topological polar surface area (TPSA) is 58.6 Å². The van der Waals surface area contributed by atoms with Crippen molar-refractivity contribution in [3.05, 3.63) is 12.7 Å². The lowest BCUT2D eigenvalue weighted by Gasteiger charge is -2.34. The molecule has 0 radical (unpaired) electrons. The minimum absolute atomic E-state index is 0.124. The van der Waals surface area contributed by atoms with E-state index in [0.29, 0.717) is 18.9 Å². The number of nitrogens with zero attached hydrogens (tertiary/aromatic N) is 1. The van der Waals surface area contributed by atoms with Crippen LogP contribution in [0.4, 0.5) is 4.79 Å². The van der Waals surface area contributed by atoms with Crippen LogP contribution < -0.4 is 5.32 Å². The molecule has 0 aromatic carbocycles. The number of amides is 3. The highest BCUT2D eigenvalue weighted by Gasteiger charge is 2.44. The largest absolute Gasteiger partial charge is 0.372 e. The molecule has 0 spiro atoms. The molecule has 0 saturated carbocycles. The summed E-state index contributed by atoms with van der Waals surface area (Å²) < 4.78 is 5.57. The van der Waals surface area contributed by atoms with E-state index in [1.165, 1.54) is 4.90 Å². The second-order valence-electron chi connectivity index (χ2n) is 5.62. The highest BCUT2D eigenvalue weighted by atomic mass is 16.5. The lowest BCUT2D eigenvalue weighted by molar-refractivity contribution is -0.132. The number of nitrogens with one attached hydrogen (secondary N) is 1. The highest BCUT2D eigenvalue weighted by Crippen LogP contribution is 2.25. The Morgan fingerprint density at radius 3 is 2.89 bits per heavy atom. The van der Waals surface area contributed by atoms with E-state index in [2.05, 4.69) is 11.9 Å². The molecule has 3 atom stereocenters. The van der Waals surface area contributed by atoms with Gasteiger partial charge in [0.05, 0.1) is 12.1 Å². The predicted octanol–water partition coefficient (Wildman–Crippen LogP) is 1.69. The highest BCUT2D eigenvalue weighted by molar-refractivity contribution is 6.04. The minimum atomic E-state index is -0.389. The molecule has 0 aliphatic carbocycles. The SMILES string of the molecule is C=C[C@@H]1OCCC[C@H]1N1C(=O)N[C@@H](CC(C)C)C1=O. The van der Waals surface area contributed by atoms with Crippen LogP contribution in [0, 0.1) is 5.92 Å². The molecule has 19 heavy (non-hydrogen) atoms. The van der Waals surface area contributed by atoms with Gasteiger partial charge in [-0.2, -0.15) is 0 Å². The van der Waals surface area contributed by atoms with E-state index in [9.17, 15) is 9.59 Å². The van der Waals surface area contributed by atoms with E-state index in [1.54, 1.807) is 6.08 Å². The fraction of sp³-hybridized carbons (Fsp3) is 0.714. The lowest BCUT2D eigenvalue weighted by atomic mass is 9.99. The van der Waals surface area contributed by atoms with E-state index in [1.807, 2.05) is 13.8 Å². The van der Waals surface area contributed by atoms with Crippen molar-refractivity contribution in [3.8, 4) is 0 Å². The summed E-state index contributed by atoms with van der Waals surface area (Å²) in [6, 6.07) is -0.895. The number of urea groups is 1. The summed E-state index contributed by atoms with van der Waals surface area (Å²) in [5.41, 5.74) is 0. The van der Waals surface area contributed by atoms with Gasteiger partial charge in [-0.25, -0.2) is 4.79 Å². The van der Waals surface area contributed by atoms with E-state index >= 15 is 0 Å². The van der Waals surface area contributed by atoms with Gasteiger partial charge in [0.15, 0.2) is 0 Å². The van der Waals surface area contributed by atoms with Gasteiger partial charge >= 0.3 is 6.03 Å². The number of ether oxygens (including phenoxy) is 1. The predicted molar refractivity (Wildman–Crippen MR) is 71.6 cm³/mol. The van der Waals surface area contributed by atoms with Crippen molar-refractivity contribution in [2.45, 2.75) is 51.3 Å². The van der Waals surface area contributed by atoms with Crippen LogP contribution in [0.15, 0.2) is 12.7 Å². The van der Waals surface area contributed by atoms with Gasteiger partial charge in [0.25, 0.3) is 5.91 Å². The molecule has 0 unspecified atom stereocenters. The van der Waals surface area contributed by atoms with Gasteiger partial charge in [-0.3, -0.25) is 9.69 Å². The first-order chi connectivity index (χ1) is 9.04. The Morgan fingerprint density at radius 1 is 1.53 bits per heavy atom. The molecule has 2 aliphatic rings.